The van der Waals surface area contributed by atoms with Gasteiger partial charge in [0.2, 0.25) is 11.8 Å². The first kappa shape index (κ1) is 23.3. The van der Waals surface area contributed by atoms with Crippen LogP contribution in [0.2, 0.25) is 0 Å². The van der Waals surface area contributed by atoms with Gasteiger partial charge in [0.25, 0.3) is 5.91 Å². The van der Waals surface area contributed by atoms with Crippen molar-refractivity contribution >= 4 is 17.7 Å². The average Bonchev–Trinajstić information content (AvgIpc) is 3.53. The Labute approximate surface area is 211 Å². The molecule has 0 radical (unpaired) electrons. The van der Waals surface area contributed by atoms with Crippen molar-refractivity contribution in [3.8, 4) is 11.3 Å². The predicted molar refractivity (Wildman–Crippen MR) is 135 cm³/mol. The molecule has 1 aromatic carbocycles. The molecule has 4 aliphatic heterocycles. The summed E-state index contributed by atoms with van der Waals surface area (Å²) in [5.41, 5.74) is 4.65. The fourth-order valence-corrected chi connectivity index (χ4v) is 6.27. The highest BCUT2D eigenvalue weighted by atomic mass is 16.2. The van der Waals surface area contributed by atoms with Gasteiger partial charge >= 0.3 is 0 Å². The third kappa shape index (κ3) is 4.55. The van der Waals surface area contributed by atoms with Gasteiger partial charge in [0.15, 0.2) is 0 Å². The van der Waals surface area contributed by atoms with E-state index in [4.69, 9.17) is 0 Å². The molecule has 3 amide bonds. The minimum absolute atomic E-state index is 0.148. The van der Waals surface area contributed by atoms with Gasteiger partial charge in [-0.2, -0.15) is 0 Å². The highest BCUT2D eigenvalue weighted by Crippen LogP contribution is 2.31. The van der Waals surface area contributed by atoms with Crippen LogP contribution >= 0.6 is 0 Å². The SMILES string of the molecule is O=C1CCC(N2Cc3cc(-c4cc(CN5CCC(N6CCCC6)CC5)ccn4)ccc3C2=O)C(=O)N1. The molecule has 4 aliphatic rings. The third-order valence-corrected chi connectivity index (χ3v) is 8.26. The van der Waals surface area contributed by atoms with Gasteiger partial charge in [-0.15, -0.1) is 0 Å². The van der Waals surface area contributed by atoms with Crippen LogP contribution in [0.4, 0.5) is 0 Å². The lowest BCUT2D eigenvalue weighted by Gasteiger charge is -2.36. The Bertz CT molecular complexity index is 1180. The molecule has 188 valence electrons. The molecule has 0 saturated carbocycles. The fraction of sp³-hybridized carbons (Fsp3) is 0.500. The molecule has 8 nitrogen and oxygen atoms in total. The second-order valence-corrected chi connectivity index (χ2v) is 10.6. The Hall–Kier alpha value is -3.10. The van der Waals surface area contributed by atoms with Gasteiger partial charge in [-0.25, -0.2) is 0 Å². The summed E-state index contributed by atoms with van der Waals surface area (Å²) >= 11 is 0. The molecule has 0 bridgehead atoms. The number of benzene rings is 1. The lowest BCUT2D eigenvalue weighted by molar-refractivity contribution is -0.136. The van der Waals surface area contributed by atoms with Crippen molar-refractivity contribution in [2.45, 2.75) is 63.7 Å². The van der Waals surface area contributed by atoms with Crippen molar-refractivity contribution in [1.82, 2.24) is 25.0 Å². The number of nitrogens with zero attached hydrogens (tertiary/aromatic N) is 4. The maximum Gasteiger partial charge on any atom is 0.255 e. The van der Waals surface area contributed by atoms with Crippen molar-refractivity contribution < 1.29 is 14.4 Å². The molecule has 6 rings (SSSR count). The zero-order chi connectivity index (χ0) is 24.6. The zero-order valence-corrected chi connectivity index (χ0v) is 20.6. The van der Waals surface area contributed by atoms with Crippen LogP contribution in [0.3, 0.4) is 0 Å². The number of imide groups is 1. The van der Waals surface area contributed by atoms with Gasteiger partial charge in [0.05, 0.1) is 5.69 Å². The van der Waals surface area contributed by atoms with Crippen LogP contribution in [-0.2, 0) is 22.7 Å². The number of nitrogens with one attached hydrogen (secondary N) is 1. The normalized spacial score (nSPS) is 23.8. The number of likely N-dealkylation sites (tertiary alicyclic amines) is 2. The van der Waals surface area contributed by atoms with Crippen molar-refractivity contribution in [2.75, 3.05) is 26.2 Å². The molecule has 5 heterocycles. The summed E-state index contributed by atoms with van der Waals surface area (Å²) in [5.74, 6) is -0.804. The topological polar surface area (TPSA) is 85.9 Å². The minimum atomic E-state index is -0.595. The van der Waals surface area contributed by atoms with E-state index < -0.39 is 6.04 Å². The Morgan fingerprint density at radius 3 is 2.53 bits per heavy atom. The smallest absolute Gasteiger partial charge is 0.255 e. The highest BCUT2D eigenvalue weighted by molar-refractivity contribution is 6.05. The molecule has 3 fully saturated rings. The number of hydrogen-bond donors (Lipinski definition) is 1. The molecule has 2 aromatic rings. The summed E-state index contributed by atoms with van der Waals surface area (Å²) in [5, 5.41) is 2.36. The first-order valence-corrected chi connectivity index (χ1v) is 13.2. The molecule has 0 aliphatic carbocycles. The second-order valence-electron chi connectivity index (χ2n) is 10.6. The van der Waals surface area contributed by atoms with Crippen molar-refractivity contribution in [3.05, 3.63) is 53.2 Å². The summed E-state index contributed by atoms with van der Waals surface area (Å²) < 4.78 is 0. The molecule has 1 unspecified atom stereocenters. The van der Waals surface area contributed by atoms with Crippen LogP contribution in [0.5, 0.6) is 0 Å². The van der Waals surface area contributed by atoms with E-state index in [1.807, 2.05) is 24.4 Å². The van der Waals surface area contributed by atoms with Gasteiger partial charge < -0.3 is 9.80 Å². The van der Waals surface area contributed by atoms with E-state index in [0.717, 1.165) is 42.5 Å². The Kier molecular flexibility index (Phi) is 6.31. The van der Waals surface area contributed by atoms with Crippen LogP contribution in [0.15, 0.2) is 36.5 Å². The number of aromatic nitrogens is 1. The number of carbonyl (C=O) groups is 3. The first-order chi connectivity index (χ1) is 17.5. The first-order valence-electron chi connectivity index (χ1n) is 13.2. The van der Waals surface area contributed by atoms with Crippen LogP contribution in [0, 0.1) is 0 Å². The van der Waals surface area contributed by atoms with Gasteiger partial charge in [0.1, 0.15) is 6.04 Å². The van der Waals surface area contributed by atoms with Crippen molar-refractivity contribution in [3.63, 3.8) is 0 Å². The number of hydrogen-bond acceptors (Lipinski definition) is 6. The summed E-state index contributed by atoms with van der Waals surface area (Å²) in [6.45, 7) is 6.12. The van der Waals surface area contributed by atoms with Crippen LogP contribution < -0.4 is 5.32 Å². The molecule has 0 spiro atoms. The predicted octanol–water partition coefficient (Wildman–Crippen LogP) is 2.57. The molecule has 1 atom stereocenters. The molecule has 1 N–H and O–H groups in total. The number of amides is 3. The Balaban J connectivity index is 1.12. The van der Waals surface area contributed by atoms with Crippen LogP contribution in [-0.4, -0.2) is 75.7 Å². The van der Waals surface area contributed by atoms with E-state index >= 15 is 0 Å². The van der Waals surface area contributed by atoms with Gasteiger partial charge in [-0.3, -0.25) is 29.6 Å². The van der Waals surface area contributed by atoms with Crippen LogP contribution in [0.1, 0.15) is 60.0 Å². The molecule has 8 heteroatoms. The van der Waals surface area contributed by atoms with E-state index in [2.05, 4.69) is 32.2 Å². The van der Waals surface area contributed by atoms with Gasteiger partial charge in [0, 0.05) is 42.9 Å². The van der Waals surface area contributed by atoms with Gasteiger partial charge in [-0.05, 0) is 93.7 Å². The number of piperidine rings is 2. The Morgan fingerprint density at radius 1 is 0.944 bits per heavy atom. The average molecular weight is 488 g/mol. The standard InChI is InChI=1S/C28H33N5O3/c34-26-6-5-25(27(35)30-26)33-18-21-16-20(3-4-23(21)28(33)36)24-15-19(7-10-29-24)17-31-13-8-22(9-14-31)32-11-1-2-12-32/h3-4,7,10,15-16,22,25H,1-2,5-6,8-9,11-14,17-18H2,(H,30,34,35). The minimum Gasteiger partial charge on any atom is -0.322 e. The number of fused-ring (bicyclic) bond motifs is 1. The quantitative estimate of drug-likeness (QED) is 0.653. The lowest BCUT2D eigenvalue weighted by Crippen LogP contribution is -2.52. The molecule has 36 heavy (non-hydrogen) atoms. The van der Waals surface area contributed by atoms with Crippen molar-refractivity contribution in [2.24, 2.45) is 0 Å². The molecular weight excluding hydrogens is 454 g/mol. The van der Waals surface area contributed by atoms with Crippen LogP contribution in [0.25, 0.3) is 11.3 Å². The van der Waals surface area contributed by atoms with E-state index in [-0.39, 0.29) is 24.1 Å². The molecular formula is C28H33N5O3. The highest BCUT2D eigenvalue weighted by Gasteiger charge is 2.39. The van der Waals surface area contributed by atoms with E-state index in [0.29, 0.717) is 18.5 Å². The lowest BCUT2D eigenvalue weighted by atomic mass is 10.0. The number of pyridine rings is 1. The molecule has 1 aromatic heterocycles. The van der Waals surface area contributed by atoms with Crippen molar-refractivity contribution in [1.29, 1.82) is 0 Å². The van der Waals surface area contributed by atoms with E-state index in [9.17, 15) is 14.4 Å². The van der Waals surface area contributed by atoms with E-state index in [1.165, 1.54) is 44.3 Å². The number of carbonyl (C=O) groups excluding carboxylic acids is 3. The monoisotopic (exact) mass is 487 g/mol. The third-order valence-electron chi connectivity index (χ3n) is 8.26. The maximum absolute atomic E-state index is 13.0. The fourth-order valence-electron chi connectivity index (χ4n) is 6.27. The molecule has 3 saturated heterocycles. The summed E-state index contributed by atoms with van der Waals surface area (Å²) in [6, 6.07) is 10.2. The summed E-state index contributed by atoms with van der Waals surface area (Å²) in [7, 11) is 0. The zero-order valence-electron chi connectivity index (χ0n) is 20.6. The van der Waals surface area contributed by atoms with Gasteiger partial charge in [-0.1, -0.05) is 6.07 Å². The second kappa shape index (κ2) is 9.75. The number of rotatable bonds is 5. The maximum atomic E-state index is 13.0. The summed E-state index contributed by atoms with van der Waals surface area (Å²) in [6.07, 6.45) is 7.71. The largest absolute Gasteiger partial charge is 0.322 e. The van der Waals surface area contributed by atoms with E-state index in [1.54, 1.807) is 4.90 Å². The Morgan fingerprint density at radius 2 is 1.75 bits per heavy atom. The summed E-state index contributed by atoms with van der Waals surface area (Å²) in [4.78, 5) is 48.3.